The van der Waals surface area contributed by atoms with Gasteiger partial charge in [0.05, 0.1) is 18.4 Å². The van der Waals surface area contributed by atoms with Crippen LogP contribution < -0.4 is 5.32 Å². The summed E-state index contributed by atoms with van der Waals surface area (Å²) in [5.74, 6) is -1.78. The summed E-state index contributed by atoms with van der Waals surface area (Å²) < 4.78 is 18.6. The Hall–Kier alpha value is -2.62. The lowest BCUT2D eigenvalue weighted by atomic mass is 9.86. The van der Waals surface area contributed by atoms with Gasteiger partial charge in [0, 0.05) is 32.3 Å². The summed E-state index contributed by atoms with van der Waals surface area (Å²) >= 11 is 0. The van der Waals surface area contributed by atoms with E-state index in [0.717, 1.165) is 5.57 Å². The monoisotopic (exact) mass is 631 g/mol. The number of esters is 1. The second kappa shape index (κ2) is 18.4. The number of nitrogens with one attached hydrogen (secondary N) is 1. The van der Waals surface area contributed by atoms with Crippen LogP contribution in [-0.2, 0) is 33.1 Å². The summed E-state index contributed by atoms with van der Waals surface area (Å²) in [6.45, 7) is 24.3. The topological polar surface area (TPSA) is 108 Å². The molecule has 1 fully saturated rings. The Bertz CT molecular complexity index is 1060. The molecular formula is C35H57NO7Si. The maximum Gasteiger partial charge on any atom is 0.310 e. The molecule has 1 saturated heterocycles. The van der Waals surface area contributed by atoms with E-state index in [2.05, 4.69) is 52.3 Å². The van der Waals surface area contributed by atoms with Gasteiger partial charge in [0.1, 0.15) is 18.0 Å². The first-order valence-corrected chi connectivity index (χ1v) is 18.7. The highest BCUT2D eigenvalue weighted by Crippen LogP contribution is 2.39. The van der Waals surface area contributed by atoms with Crippen LogP contribution in [0.25, 0.3) is 0 Å². The van der Waals surface area contributed by atoms with Gasteiger partial charge >= 0.3 is 5.97 Å². The van der Waals surface area contributed by atoms with Gasteiger partial charge in [-0.1, -0.05) is 65.0 Å². The van der Waals surface area contributed by atoms with Crippen molar-refractivity contribution in [1.82, 2.24) is 5.32 Å². The highest BCUT2D eigenvalue weighted by atomic mass is 28.4. The summed E-state index contributed by atoms with van der Waals surface area (Å²) in [7, 11) is -0.550. The van der Waals surface area contributed by atoms with E-state index in [1.54, 1.807) is 32.3 Å². The smallest absolute Gasteiger partial charge is 0.310 e. The van der Waals surface area contributed by atoms with Gasteiger partial charge in [-0.2, -0.15) is 0 Å². The zero-order valence-electron chi connectivity index (χ0n) is 28.6. The van der Waals surface area contributed by atoms with E-state index < -0.39 is 26.3 Å². The lowest BCUT2D eigenvalue weighted by molar-refractivity contribution is -0.150. The van der Waals surface area contributed by atoms with Crippen molar-refractivity contribution in [2.75, 3.05) is 7.11 Å². The summed E-state index contributed by atoms with van der Waals surface area (Å²) in [4.78, 5) is 49.8. The van der Waals surface area contributed by atoms with Gasteiger partial charge in [-0.15, -0.1) is 13.2 Å². The molecule has 0 aromatic carbocycles. The minimum absolute atomic E-state index is 0.0178. The van der Waals surface area contributed by atoms with Crippen molar-refractivity contribution < 1.29 is 33.1 Å². The van der Waals surface area contributed by atoms with Crippen molar-refractivity contribution in [2.45, 2.75) is 123 Å². The van der Waals surface area contributed by atoms with Gasteiger partial charge in [0.2, 0.25) is 11.8 Å². The Morgan fingerprint density at radius 2 is 1.70 bits per heavy atom. The van der Waals surface area contributed by atoms with Crippen LogP contribution in [-0.4, -0.2) is 57.3 Å². The molecule has 0 aromatic heterocycles. The number of ether oxygens (including phenoxy) is 2. The molecule has 0 aliphatic carbocycles. The van der Waals surface area contributed by atoms with Gasteiger partial charge in [-0.3, -0.25) is 24.5 Å². The molecule has 1 heterocycles. The largest absolute Gasteiger partial charge is 0.457 e. The highest BCUT2D eigenvalue weighted by Gasteiger charge is 2.42. The van der Waals surface area contributed by atoms with E-state index >= 15 is 0 Å². The number of hydrogen-bond donors (Lipinski definition) is 1. The first kappa shape index (κ1) is 39.4. The van der Waals surface area contributed by atoms with E-state index in [1.165, 1.54) is 0 Å². The normalized spacial score (nSPS) is 18.7. The Morgan fingerprint density at radius 1 is 1.09 bits per heavy atom. The number of rotatable bonds is 19. The van der Waals surface area contributed by atoms with E-state index in [1.807, 2.05) is 26.0 Å². The molecule has 9 heteroatoms. The van der Waals surface area contributed by atoms with Gasteiger partial charge < -0.3 is 13.9 Å². The van der Waals surface area contributed by atoms with Crippen molar-refractivity contribution in [3.63, 3.8) is 0 Å². The van der Waals surface area contributed by atoms with E-state index in [-0.39, 0.29) is 59.5 Å². The van der Waals surface area contributed by atoms with Crippen LogP contribution in [0.5, 0.6) is 0 Å². The molecule has 1 aliphatic rings. The van der Waals surface area contributed by atoms with Gasteiger partial charge in [0.15, 0.2) is 8.32 Å². The Balaban J connectivity index is 3.22. The summed E-state index contributed by atoms with van der Waals surface area (Å²) in [5, 5.41) is 2.30. The average molecular weight is 632 g/mol. The van der Waals surface area contributed by atoms with Crippen LogP contribution >= 0.6 is 0 Å². The van der Waals surface area contributed by atoms with Gasteiger partial charge in [0.25, 0.3) is 0 Å². The standard InChI is InChI=1S/C35H57NO7Si/c1-12-14-15-16-20-32(40)42-33(26(5)28(37)19-17-18-27-22-30(38)36-31(39)23-27)24(3)21-25(4)34(29(13-2)41-9)43-44(10,11)35(6,7)8/h12-13,15-16,21,25-27,29,33-34H,1-2,14,17-20,22-23H2,3-11H3,(H,36,38,39)/b16-15+,24-21-/t25-,26-,29-,33?,34+/m1/s1. The average Bonchev–Trinajstić information content (AvgIpc) is 2.92. The molecular weight excluding hydrogens is 574 g/mol. The Kier molecular flexibility index (Phi) is 16.5. The van der Waals surface area contributed by atoms with Gasteiger partial charge in [-0.05, 0) is 55.8 Å². The zero-order valence-corrected chi connectivity index (χ0v) is 29.6. The molecule has 8 nitrogen and oxygen atoms in total. The fraction of sp³-hybridized carbons (Fsp3) is 0.657. The maximum absolute atomic E-state index is 13.4. The highest BCUT2D eigenvalue weighted by molar-refractivity contribution is 6.74. The third kappa shape index (κ3) is 12.8. The molecule has 1 rings (SSSR count). The summed E-state index contributed by atoms with van der Waals surface area (Å²) in [6, 6.07) is 0. The fourth-order valence-corrected chi connectivity index (χ4v) is 6.51. The number of carbonyl (C=O) groups excluding carboxylic acids is 4. The Labute approximate surface area is 266 Å². The van der Waals surface area contributed by atoms with Crippen LogP contribution in [0.1, 0.15) is 86.5 Å². The van der Waals surface area contributed by atoms with Crippen LogP contribution in [0.3, 0.4) is 0 Å². The fourth-order valence-electron chi connectivity index (χ4n) is 5.13. The first-order valence-electron chi connectivity index (χ1n) is 15.8. The minimum Gasteiger partial charge on any atom is -0.457 e. The van der Waals surface area contributed by atoms with Crippen molar-refractivity contribution >= 4 is 31.9 Å². The SMILES string of the molecule is C=CC/C=C/CC(=O)OC(/C(C)=C\[C@@H](C)[C@H](O[Si](C)(C)C(C)(C)C)[C@@H](C=C)OC)[C@H](C)C(=O)CCCC1CC(=O)NC(=O)C1. The number of hydrogen-bond acceptors (Lipinski definition) is 7. The van der Waals surface area contributed by atoms with Crippen molar-refractivity contribution in [1.29, 1.82) is 0 Å². The number of carbonyl (C=O) groups is 4. The number of methoxy groups -OCH3 is 1. The molecule has 248 valence electrons. The Morgan fingerprint density at radius 3 is 2.23 bits per heavy atom. The third-order valence-corrected chi connectivity index (χ3v) is 13.3. The molecule has 5 atom stereocenters. The number of ketones is 1. The molecule has 0 bridgehead atoms. The summed E-state index contributed by atoms with van der Waals surface area (Å²) in [5.41, 5.74) is 0.763. The molecule has 2 amide bonds. The molecule has 0 radical (unpaired) electrons. The number of allylic oxidation sites excluding steroid dienone is 2. The first-order chi connectivity index (χ1) is 20.5. The molecule has 1 unspecified atom stereocenters. The second-order valence-corrected chi connectivity index (χ2v) is 18.3. The number of imide groups is 1. The zero-order chi connectivity index (χ0) is 33.7. The second-order valence-electron chi connectivity index (χ2n) is 13.6. The molecule has 0 aromatic rings. The van der Waals surface area contributed by atoms with E-state index in [0.29, 0.717) is 32.1 Å². The number of Topliss-reactive ketones (excluding diaryl/α,β-unsaturated/α-hetero) is 1. The third-order valence-electron chi connectivity index (χ3n) is 8.79. The molecule has 0 spiro atoms. The molecule has 1 N–H and O–H groups in total. The molecule has 0 saturated carbocycles. The minimum atomic E-state index is -2.19. The predicted molar refractivity (Wildman–Crippen MR) is 178 cm³/mol. The number of amides is 2. The summed E-state index contributed by atoms with van der Waals surface area (Å²) in [6.07, 6.45) is 10.4. The van der Waals surface area contributed by atoms with Crippen molar-refractivity contribution in [2.24, 2.45) is 17.8 Å². The quantitative estimate of drug-likeness (QED) is 0.0706. The van der Waals surface area contributed by atoms with Crippen LogP contribution in [0.4, 0.5) is 0 Å². The molecule has 1 aliphatic heterocycles. The predicted octanol–water partition coefficient (Wildman–Crippen LogP) is 7.02. The van der Waals surface area contributed by atoms with Crippen LogP contribution in [0.15, 0.2) is 49.1 Å². The van der Waals surface area contributed by atoms with E-state index in [9.17, 15) is 19.2 Å². The van der Waals surface area contributed by atoms with E-state index in [4.69, 9.17) is 13.9 Å². The van der Waals surface area contributed by atoms with Gasteiger partial charge in [-0.25, -0.2) is 0 Å². The maximum atomic E-state index is 13.4. The number of piperidine rings is 1. The van der Waals surface area contributed by atoms with Crippen LogP contribution in [0.2, 0.25) is 18.1 Å². The molecule has 44 heavy (non-hydrogen) atoms. The van der Waals surface area contributed by atoms with Crippen molar-refractivity contribution in [3.05, 3.63) is 49.1 Å². The lowest BCUT2D eigenvalue weighted by Crippen LogP contribution is -2.49. The van der Waals surface area contributed by atoms with Crippen LogP contribution in [0, 0.1) is 17.8 Å². The van der Waals surface area contributed by atoms with Crippen molar-refractivity contribution in [3.8, 4) is 0 Å². The lowest BCUT2D eigenvalue weighted by Gasteiger charge is -2.42.